The number of hydrogen-bond acceptors (Lipinski definition) is 8. The van der Waals surface area contributed by atoms with Gasteiger partial charge in [-0.15, -0.1) is 5.06 Å². The first kappa shape index (κ1) is 23.6. The van der Waals surface area contributed by atoms with Crippen LogP contribution in [0.2, 0.25) is 0 Å². The van der Waals surface area contributed by atoms with Crippen LogP contribution in [-0.4, -0.2) is 49.4 Å². The summed E-state index contributed by atoms with van der Waals surface area (Å²) in [6.07, 6.45) is 3.09. The van der Waals surface area contributed by atoms with E-state index >= 15 is 0 Å². The topological polar surface area (TPSA) is 120 Å². The SMILES string of the molecule is CCOc1cc(/C=C2/C(=N)N3OC(C)=CC3=NC2=O)ccc1OC(=O)c1ccc(OC)c(OC)c1. The van der Waals surface area contributed by atoms with E-state index in [1.54, 1.807) is 50.3 Å². The molecule has 2 aromatic rings. The average molecular weight is 477 g/mol. The van der Waals surface area contributed by atoms with Crippen molar-refractivity contribution in [1.82, 2.24) is 5.06 Å². The molecule has 2 aliphatic rings. The van der Waals surface area contributed by atoms with Crippen molar-refractivity contribution in [2.24, 2.45) is 4.99 Å². The van der Waals surface area contributed by atoms with Gasteiger partial charge in [0.25, 0.3) is 5.91 Å². The summed E-state index contributed by atoms with van der Waals surface area (Å²) in [5, 5.41) is 9.53. The molecule has 0 aromatic heterocycles. The molecule has 0 saturated heterocycles. The molecule has 35 heavy (non-hydrogen) atoms. The highest BCUT2D eigenvalue weighted by Gasteiger charge is 2.34. The Hall–Kier alpha value is -4.60. The molecular formula is C25H23N3O7. The lowest BCUT2D eigenvalue weighted by atomic mass is 10.1. The fourth-order valence-corrected chi connectivity index (χ4v) is 3.46. The standard InChI is InChI=1S/C25H23N3O7/c1-5-33-21-12-15(11-17-23(26)28-22(27-24(17)29)10-14(2)35-28)6-8-19(21)34-25(30)16-7-9-18(31-3)20(13-16)32-4/h6-13,26H,5H2,1-4H3/b17-11-,26-23?. The van der Waals surface area contributed by atoms with E-state index < -0.39 is 11.9 Å². The van der Waals surface area contributed by atoms with Crippen molar-refractivity contribution in [1.29, 1.82) is 5.41 Å². The summed E-state index contributed by atoms with van der Waals surface area (Å²) in [5.74, 6) is 0.869. The number of nitrogens with one attached hydrogen (secondary N) is 1. The third kappa shape index (κ3) is 4.72. The number of amidine groups is 2. The summed E-state index contributed by atoms with van der Waals surface area (Å²) in [7, 11) is 2.98. The zero-order valence-corrected chi connectivity index (χ0v) is 19.6. The van der Waals surface area contributed by atoms with Crippen molar-refractivity contribution in [2.75, 3.05) is 20.8 Å². The Morgan fingerprint density at radius 2 is 1.83 bits per heavy atom. The van der Waals surface area contributed by atoms with E-state index in [-0.39, 0.29) is 28.6 Å². The van der Waals surface area contributed by atoms with Gasteiger partial charge in [-0.25, -0.2) is 4.79 Å². The molecule has 0 aliphatic carbocycles. The molecule has 0 bridgehead atoms. The molecule has 0 spiro atoms. The van der Waals surface area contributed by atoms with Gasteiger partial charge in [0.15, 0.2) is 34.7 Å². The number of fused-ring (bicyclic) bond motifs is 1. The lowest BCUT2D eigenvalue weighted by molar-refractivity contribution is -0.114. The third-order valence-corrected chi connectivity index (χ3v) is 5.08. The van der Waals surface area contributed by atoms with Gasteiger partial charge in [-0.1, -0.05) is 6.07 Å². The van der Waals surface area contributed by atoms with Crippen LogP contribution in [-0.2, 0) is 9.63 Å². The third-order valence-electron chi connectivity index (χ3n) is 5.08. The number of esters is 1. The number of allylic oxidation sites excluding steroid dienone is 1. The Kier molecular flexibility index (Phi) is 6.54. The van der Waals surface area contributed by atoms with Crippen LogP contribution < -0.4 is 18.9 Å². The predicted octanol–water partition coefficient (Wildman–Crippen LogP) is 3.77. The maximum atomic E-state index is 12.8. The Morgan fingerprint density at radius 1 is 1.09 bits per heavy atom. The second-order valence-corrected chi connectivity index (χ2v) is 7.42. The number of carbonyl (C=O) groups excluding carboxylic acids is 2. The van der Waals surface area contributed by atoms with Crippen molar-refractivity contribution < 1.29 is 33.4 Å². The van der Waals surface area contributed by atoms with Crippen molar-refractivity contribution in [3.05, 3.63) is 64.9 Å². The van der Waals surface area contributed by atoms with Gasteiger partial charge in [-0.3, -0.25) is 10.2 Å². The number of benzene rings is 2. The van der Waals surface area contributed by atoms with Crippen LogP contribution in [0.5, 0.6) is 23.0 Å². The van der Waals surface area contributed by atoms with Gasteiger partial charge in [0.05, 0.1) is 32.0 Å². The number of ether oxygens (including phenoxy) is 4. The lowest BCUT2D eigenvalue weighted by Gasteiger charge is -2.23. The minimum atomic E-state index is -0.613. The van der Waals surface area contributed by atoms with Crippen molar-refractivity contribution in [2.45, 2.75) is 13.8 Å². The largest absolute Gasteiger partial charge is 0.493 e. The molecule has 0 saturated carbocycles. The van der Waals surface area contributed by atoms with E-state index in [2.05, 4.69) is 4.99 Å². The van der Waals surface area contributed by atoms with Crippen LogP contribution in [0.15, 0.2) is 58.8 Å². The maximum Gasteiger partial charge on any atom is 0.343 e. The highest BCUT2D eigenvalue weighted by molar-refractivity contribution is 6.32. The number of rotatable bonds is 7. The normalized spacial score (nSPS) is 15.8. The Labute approximate surface area is 201 Å². The predicted molar refractivity (Wildman–Crippen MR) is 127 cm³/mol. The minimum Gasteiger partial charge on any atom is -0.493 e. The van der Waals surface area contributed by atoms with Crippen LogP contribution >= 0.6 is 0 Å². The Bertz CT molecular complexity index is 1310. The molecule has 10 heteroatoms. The molecule has 0 unspecified atom stereocenters. The first-order valence-corrected chi connectivity index (χ1v) is 10.7. The molecule has 180 valence electrons. The van der Waals surface area contributed by atoms with E-state index in [9.17, 15) is 9.59 Å². The van der Waals surface area contributed by atoms with Gasteiger partial charge in [-0.05, 0) is 55.8 Å². The van der Waals surface area contributed by atoms with Crippen molar-refractivity contribution >= 4 is 29.6 Å². The van der Waals surface area contributed by atoms with Crippen LogP contribution in [0.4, 0.5) is 0 Å². The van der Waals surface area contributed by atoms with Crippen molar-refractivity contribution in [3.63, 3.8) is 0 Å². The molecule has 1 amide bonds. The number of amides is 1. The molecule has 0 radical (unpaired) electrons. The summed E-state index contributed by atoms with van der Waals surface area (Å²) < 4.78 is 21.7. The summed E-state index contributed by atoms with van der Waals surface area (Å²) in [6.45, 7) is 3.82. The molecule has 2 heterocycles. The van der Waals surface area contributed by atoms with Crippen LogP contribution in [0.3, 0.4) is 0 Å². The molecule has 0 fully saturated rings. The number of hydrogen-bond donors (Lipinski definition) is 1. The van der Waals surface area contributed by atoms with Crippen LogP contribution in [0.1, 0.15) is 29.8 Å². The average Bonchev–Trinajstić information content (AvgIpc) is 3.23. The minimum absolute atomic E-state index is 0.0503. The second-order valence-electron chi connectivity index (χ2n) is 7.42. The number of nitrogens with zero attached hydrogens (tertiary/aromatic N) is 2. The van der Waals surface area contributed by atoms with Crippen LogP contribution in [0, 0.1) is 5.41 Å². The summed E-state index contributed by atoms with van der Waals surface area (Å²) in [4.78, 5) is 34.7. The highest BCUT2D eigenvalue weighted by atomic mass is 16.7. The smallest absolute Gasteiger partial charge is 0.343 e. The number of aliphatic imine (C=N–C) groups is 1. The monoisotopic (exact) mass is 477 g/mol. The number of methoxy groups -OCH3 is 2. The quantitative estimate of drug-likeness (QED) is 0.364. The van der Waals surface area contributed by atoms with E-state index in [1.165, 1.54) is 31.4 Å². The zero-order chi connectivity index (χ0) is 25.1. The summed E-state index contributed by atoms with van der Waals surface area (Å²) in [6, 6.07) is 9.50. The van der Waals surface area contributed by atoms with Gasteiger partial charge >= 0.3 is 5.97 Å². The summed E-state index contributed by atoms with van der Waals surface area (Å²) in [5.41, 5.74) is 0.866. The molecule has 0 atom stereocenters. The highest BCUT2D eigenvalue weighted by Crippen LogP contribution is 2.33. The van der Waals surface area contributed by atoms with Gasteiger partial charge in [0, 0.05) is 6.08 Å². The van der Waals surface area contributed by atoms with Gasteiger partial charge < -0.3 is 23.8 Å². The van der Waals surface area contributed by atoms with E-state index in [4.69, 9.17) is 29.2 Å². The van der Waals surface area contributed by atoms with Gasteiger partial charge in [0.2, 0.25) is 0 Å². The molecule has 2 aromatic carbocycles. The van der Waals surface area contributed by atoms with Gasteiger partial charge in [0.1, 0.15) is 5.76 Å². The second kappa shape index (κ2) is 9.72. The molecule has 4 rings (SSSR count). The lowest BCUT2D eigenvalue weighted by Crippen LogP contribution is -2.38. The fraction of sp³-hybridized carbons (Fsp3) is 0.200. The zero-order valence-electron chi connectivity index (χ0n) is 19.6. The summed E-state index contributed by atoms with van der Waals surface area (Å²) >= 11 is 0. The maximum absolute atomic E-state index is 12.8. The molecule has 10 nitrogen and oxygen atoms in total. The molecular weight excluding hydrogens is 454 g/mol. The fourth-order valence-electron chi connectivity index (χ4n) is 3.46. The number of hydroxylamine groups is 2. The van der Waals surface area contributed by atoms with Gasteiger partial charge in [-0.2, -0.15) is 4.99 Å². The van der Waals surface area contributed by atoms with E-state index in [0.29, 0.717) is 35.2 Å². The van der Waals surface area contributed by atoms with Crippen LogP contribution in [0.25, 0.3) is 6.08 Å². The van der Waals surface area contributed by atoms with E-state index in [1.807, 2.05) is 0 Å². The number of carbonyl (C=O) groups is 2. The Morgan fingerprint density at radius 3 is 2.54 bits per heavy atom. The molecule has 2 aliphatic heterocycles. The van der Waals surface area contributed by atoms with Crippen molar-refractivity contribution in [3.8, 4) is 23.0 Å². The first-order valence-electron chi connectivity index (χ1n) is 10.7. The molecule has 1 N–H and O–H groups in total. The van der Waals surface area contributed by atoms with E-state index in [0.717, 1.165) is 0 Å². The Balaban J connectivity index is 1.60. The first-order chi connectivity index (χ1) is 16.8.